The highest BCUT2D eigenvalue weighted by atomic mass is 16.2. The van der Waals surface area contributed by atoms with Gasteiger partial charge in [-0.2, -0.15) is 0 Å². The van der Waals surface area contributed by atoms with Crippen LogP contribution in [-0.2, 0) is 19.2 Å². The Bertz CT molecular complexity index is 599. The lowest BCUT2D eigenvalue weighted by atomic mass is 9.82. The van der Waals surface area contributed by atoms with Gasteiger partial charge in [-0.15, -0.1) is 0 Å². The smallest absolute Gasteiger partial charge is 0.252 e. The number of hydrogen-bond acceptors (Lipinski definition) is 4. The zero-order valence-corrected chi connectivity index (χ0v) is 17.6. The average Bonchev–Trinajstić information content (AvgIpc) is 3.29. The minimum atomic E-state index is -0.414. The second-order valence-corrected chi connectivity index (χ2v) is 8.17. The molecule has 0 aromatic carbocycles. The Morgan fingerprint density at radius 2 is 1.04 bits per heavy atom. The SMILES string of the molecule is C1CC2C3CCC(C3)C2C1.C=C(C)C(=O)NC(C)=O.C=C(C)C(=O)NC(C)=O. The Balaban J connectivity index is 0.000000211. The molecule has 2 bridgehead atoms. The minimum Gasteiger partial charge on any atom is -0.293 e. The summed E-state index contributed by atoms with van der Waals surface area (Å²) in [5.74, 6) is 3.25. The molecule has 2 N–H and O–H groups in total. The van der Waals surface area contributed by atoms with Crippen LogP contribution < -0.4 is 10.6 Å². The van der Waals surface area contributed by atoms with E-state index in [-0.39, 0.29) is 11.8 Å². The molecule has 0 aromatic rings. The molecule has 4 amide bonds. The molecular formula is C22H34N2O4. The Morgan fingerprint density at radius 3 is 1.29 bits per heavy atom. The zero-order valence-electron chi connectivity index (χ0n) is 17.6. The zero-order chi connectivity index (χ0) is 21.4. The number of carbonyl (C=O) groups is 4. The molecule has 0 aromatic heterocycles. The average molecular weight is 391 g/mol. The summed E-state index contributed by atoms with van der Waals surface area (Å²) in [6.45, 7) is 12.3. The number of nitrogens with one attached hydrogen (secondary N) is 2. The van der Waals surface area contributed by atoms with Crippen molar-refractivity contribution < 1.29 is 19.2 Å². The summed E-state index contributed by atoms with van der Waals surface area (Å²) >= 11 is 0. The van der Waals surface area contributed by atoms with E-state index >= 15 is 0 Å². The predicted octanol–water partition coefficient (Wildman–Crippen LogP) is 3.28. The van der Waals surface area contributed by atoms with Crippen LogP contribution in [0.5, 0.6) is 0 Å². The van der Waals surface area contributed by atoms with E-state index in [2.05, 4.69) is 23.8 Å². The minimum absolute atomic E-state index is 0.338. The van der Waals surface area contributed by atoms with Crippen molar-refractivity contribution in [2.45, 2.75) is 66.2 Å². The first-order valence-electron chi connectivity index (χ1n) is 9.97. The van der Waals surface area contributed by atoms with Crippen LogP contribution in [0.3, 0.4) is 0 Å². The van der Waals surface area contributed by atoms with Crippen LogP contribution >= 0.6 is 0 Å². The molecule has 6 nitrogen and oxygen atoms in total. The lowest BCUT2D eigenvalue weighted by Crippen LogP contribution is -2.28. The molecule has 3 aliphatic rings. The first-order valence-corrected chi connectivity index (χ1v) is 9.97. The molecule has 3 saturated carbocycles. The lowest BCUT2D eigenvalue weighted by molar-refractivity contribution is -0.128. The quantitative estimate of drug-likeness (QED) is 0.708. The molecule has 4 unspecified atom stereocenters. The Hall–Kier alpha value is -2.24. The summed E-state index contributed by atoms with van der Waals surface area (Å²) in [5.41, 5.74) is 0.676. The van der Waals surface area contributed by atoms with Gasteiger partial charge in [0.15, 0.2) is 0 Å². The first-order chi connectivity index (χ1) is 13.0. The first kappa shape index (κ1) is 23.8. The largest absolute Gasteiger partial charge is 0.293 e. The Labute approximate surface area is 168 Å². The van der Waals surface area contributed by atoms with Gasteiger partial charge in [-0.25, -0.2) is 0 Å². The number of hydrogen-bond donors (Lipinski definition) is 2. The lowest BCUT2D eigenvalue weighted by Gasteiger charge is -2.23. The summed E-state index contributed by atoms with van der Waals surface area (Å²) in [4.78, 5) is 41.4. The van der Waals surface area contributed by atoms with Gasteiger partial charge >= 0.3 is 0 Å². The maximum atomic E-state index is 10.5. The van der Waals surface area contributed by atoms with Crippen molar-refractivity contribution in [2.24, 2.45) is 23.7 Å². The molecule has 156 valence electrons. The van der Waals surface area contributed by atoms with Crippen molar-refractivity contribution in [1.29, 1.82) is 0 Å². The second-order valence-electron chi connectivity index (χ2n) is 8.17. The van der Waals surface area contributed by atoms with Gasteiger partial charge in [-0.1, -0.05) is 19.6 Å². The fourth-order valence-electron chi connectivity index (χ4n) is 4.55. The van der Waals surface area contributed by atoms with Crippen LogP contribution in [0.25, 0.3) is 0 Å². The van der Waals surface area contributed by atoms with E-state index in [0.717, 1.165) is 0 Å². The highest BCUT2D eigenvalue weighted by Gasteiger charge is 2.48. The van der Waals surface area contributed by atoms with E-state index in [1.807, 2.05) is 0 Å². The third kappa shape index (κ3) is 7.41. The van der Waals surface area contributed by atoms with Gasteiger partial charge < -0.3 is 0 Å². The van der Waals surface area contributed by atoms with Crippen LogP contribution in [0.1, 0.15) is 66.2 Å². The molecule has 0 radical (unpaired) electrons. The number of amides is 4. The van der Waals surface area contributed by atoms with Crippen molar-refractivity contribution >= 4 is 23.6 Å². The van der Waals surface area contributed by atoms with Gasteiger partial charge in [0.25, 0.3) is 11.8 Å². The summed E-state index contributed by atoms with van der Waals surface area (Å²) in [6, 6.07) is 0. The van der Waals surface area contributed by atoms with E-state index in [9.17, 15) is 19.2 Å². The summed E-state index contributed by atoms with van der Waals surface area (Å²) in [6.07, 6.45) is 9.53. The summed E-state index contributed by atoms with van der Waals surface area (Å²) in [5, 5.41) is 4.13. The van der Waals surface area contributed by atoms with Crippen molar-refractivity contribution in [2.75, 3.05) is 0 Å². The Kier molecular flexibility index (Phi) is 9.29. The van der Waals surface area contributed by atoms with Crippen molar-refractivity contribution in [3.05, 3.63) is 24.3 Å². The number of carbonyl (C=O) groups excluding carboxylic acids is 4. The van der Waals surface area contributed by atoms with E-state index in [1.54, 1.807) is 38.5 Å². The van der Waals surface area contributed by atoms with Crippen molar-refractivity contribution in [3.8, 4) is 0 Å². The monoisotopic (exact) mass is 390 g/mol. The standard InChI is InChI=1S/C10H16.2C6H9NO2/c1-2-9-7-4-5-8(6-7)10(9)3-1;2*1-4(2)6(9)7-5(3)8/h7-10H,1-6H2;2*1H2,2-3H3,(H,7,8,9). The van der Waals surface area contributed by atoms with Crippen LogP contribution in [0.4, 0.5) is 0 Å². The third-order valence-electron chi connectivity index (χ3n) is 5.70. The van der Waals surface area contributed by atoms with Crippen LogP contribution in [0, 0.1) is 23.7 Å². The molecular weight excluding hydrogens is 356 g/mol. The summed E-state index contributed by atoms with van der Waals surface area (Å²) in [7, 11) is 0. The van der Waals surface area contributed by atoms with Crippen LogP contribution in [0.15, 0.2) is 24.3 Å². The maximum absolute atomic E-state index is 10.5. The molecule has 0 spiro atoms. The highest BCUT2D eigenvalue weighted by Crippen LogP contribution is 2.58. The normalized spacial score (nSPS) is 25.9. The van der Waals surface area contributed by atoms with Gasteiger partial charge in [0.2, 0.25) is 11.8 Å². The third-order valence-corrected chi connectivity index (χ3v) is 5.70. The molecule has 3 fully saturated rings. The summed E-state index contributed by atoms with van der Waals surface area (Å²) < 4.78 is 0. The second kappa shape index (κ2) is 10.9. The maximum Gasteiger partial charge on any atom is 0.252 e. The molecule has 6 heteroatoms. The Morgan fingerprint density at radius 1 is 0.679 bits per heavy atom. The molecule has 3 aliphatic carbocycles. The fraction of sp³-hybridized carbons (Fsp3) is 0.636. The molecule has 0 heterocycles. The van der Waals surface area contributed by atoms with Crippen molar-refractivity contribution in [3.63, 3.8) is 0 Å². The molecule has 3 rings (SSSR count). The molecule has 0 saturated heterocycles. The van der Waals surface area contributed by atoms with Gasteiger partial charge in [-0.05, 0) is 69.6 Å². The number of rotatable bonds is 2. The van der Waals surface area contributed by atoms with E-state index < -0.39 is 11.8 Å². The highest BCUT2D eigenvalue weighted by molar-refractivity contribution is 6.03. The van der Waals surface area contributed by atoms with Gasteiger partial charge in [0.1, 0.15) is 0 Å². The van der Waals surface area contributed by atoms with Gasteiger partial charge in [0, 0.05) is 25.0 Å². The molecule has 4 atom stereocenters. The van der Waals surface area contributed by atoms with E-state index in [4.69, 9.17) is 0 Å². The van der Waals surface area contributed by atoms with Crippen molar-refractivity contribution in [1.82, 2.24) is 10.6 Å². The number of fused-ring (bicyclic) bond motifs is 5. The van der Waals surface area contributed by atoms with E-state index in [0.29, 0.717) is 11.1 Å². The van der Waals surface area contributed by atoms with Gasteiger partial charge in [0.05, 0.1) is 0 Å². The fourth-order valence-corrected chi connectivity index (χ4v) is 4.55. The predicted molar refractivity (Wildman–Crippen MR) is 109 cm³/mol. The number of imide groups is 2. The molecule has 28 heavy (non-hydrogen) atoms. The van der Waals surface area contributed by atoms with Crippen LogP contribution in [0.2, 0.25) is 0 Å². The topological polar surface area (TPSA) is 92.3 Å². The van der Waals surface area contributed by atoms with E-state index in [1.165, 1.54) is 51.4 Å². The van der Waals surface area contributed by atoms with Gasteiger partial charge in [-0.3, -0.25) is 29.8 Å². The van der Waals surface area contributed by atoms with Crippen LogP contribution in [-0.4, -0.2) is 23.6 Å². The molecule has 0 aliphatic heterocycles.